The van der Waals surface area contributed by atoms with E-state index in [1.165, 1.54) is 11.8 Å². The Balaban J connectivity index is 1.66. The maximum atomic E-state index is 13.3. The summed E-state index contributed by atoms with van der Waals surface area (Å²) < 4.78 is 0. The molecule has 0 saturated heterocycles. The number of nitrogens with one attached hydrogen (secondary N) is 1. The molecule has 2 heterocycles. The number of para-hydroxylation sites is 1. The normalized spacial score (nSPS) is 18.1. The van der Waals surface area contributed by atoms with Gasteiger partial charge >= 0.3 is 0 Å². The molecule has 0 saturated carbocycles. The Labute approximate surface area is 200 Å². The van der Waals surface area contributed by atoms with Crippen LogP contribution in [0.5, 0.6) is 0 Å². The highest BCUT2D eigenvalue weighted by Gasteiger charge is 2.40. The molecule has 2 atom stereocenters. The van der Waals surface area contributed by atoms with Gasteiger partial charge < -0.3 is 5.32 Å². The third-order valence-corrected chi connectivity index (χ3v) is 7.46. The minimum Gasteiger partial charge on any atom is -0.325 e. The summed E-state index contributed by atoms with van der Waals surface area (Å²) in [6, 6.07) is 23.3. The van der Waals surface area contributed by atoms with Crippen molar-refractivity contribution < 1.29 is 4.79 Å². The SMILES string of the molecule is CC1=NC(SCc2ccc(Cl)cc2)=C(C#N)[C@H](c2cccs2)C1C(=O)Nc1ccccc1. The second-order valence-electron chi connectivity index (χ2n) is 7.32. The summed E-state index contributed by atoms with van der Waals surface area (Å²) in [7, 11) is 0. The molecule has 0 bridgehead atoms. The second kappa shape index (κ2) is 10.2. The third-order valence-electron chi connectivity index (χ3n) is 5.19. The number of anilines is 1. The first-order valence-electron chi connectivity index (χ1n) is 10.0. The number of nitriles is 1. The number of carbonyl (C=O) groups is 1. The van der Waals surface area contributed by atoms with E-state index >= 15 is 0 Å². The van der Waals surface area contributed by atoms with Gasteiger partial charge in [-0.2, -0.15) is 5.26 Å². The van der Waals surface area contributed by atoms with Crippen molar-refractivity contribution in [3.63, 3.8) is 0 Å². The molecule has 1 aromatic heterocycles. The van der Waals surface area contributed by atoms with Crippen LogP contribution in [0.1, 0.15) is 23.3 Å². The first-order valence-corrected chi connectivity index (χ1v) is 12.3. The Hall–Kier alpha value is -2.85. The summed E-state index contributed by atoms with van der Waals surface area (Å²) in [6.07, 6.45) is 0. The fourth-order valence-electron chi connectivity index (χ4n) is 3.65. The predicted molar refractivity (Wildman–Crippen MR) is 134 cm³/mol. The summed E-state index contributed by atoms with van der Waals surface area (Å²) >= 11 is 9.05. The van der Waals surface area contributed by atoms with Gasteiger partial charge in [-0.1, -0.05) is 48.0 Å². The lowest BCUT2D eigenvalue weighted by atomic mass is 9.80. The number of carbonyl (C=O) groups excluding carboxylic acids is 1. The molecule has 0 fully saturated rings. The summed E-state index contributed by atoms with van der Waals surface area (Å²) in [5.74, 6) is -0.422. The van der Waals surface area contributed by atoms with Crippen molar-refractivity contribution in [3.8, 4) is 6.07 Å². The predicted octanol–water partition coefficient (Wildman–Crippen LogP) is 6.88. The molecule has 0 spiro atoms. The van der Waals surface area contributed by atoms with Crippen LogP contribution in [0.15, 0.2) is 87.7 Å². The monoisotopic (exact) mass is 477 g/mol. The molecule has 0 aliphatic carbocycles. The van der Waals surface area contributed by atoms with Crippen molar-refractivity contribution in [1.82, 2.24) is 0 Å². The lowest BCUT2D eigenvalue weighted by Crippen LogP contribution is -2.36. The maximum absolute atomic E-state index is 13.3. The number of benzene rings is 2. The Bertz CT molecular complexity index is 1200. The minimum absolute atomic E-state index is 0.162. The van der Waals surface area contributed by atoms with Gasteiger partial charge in [0, 0.05) is 33.0 Å². The Morgan fingerprint density at radius 3 is 2.56 bits per heavy atom. The molecule has 3 aromatic rings. The van der Waals surface area contributed by atoms with Crippen molar-refractivity contribution >= 4 is 52.0 Å². The molecule has 160 valence electrons. The fraction of sp³-hybridized carbons (Fsp3) is 0.160. The lowest BCUT2D eigenvalue weighted by molar-refractivity contribution is -0.118. The second-order valence-corrected chi connectivity index (χ2v) is 9.70. The Kier molecular flexibility index (Phi) is 7.11. The van der Waals surface area contributed by atoms with Crippen molar-refractivity contribution in [2.45, 2.75) is 18.6 Å². The number of hydrogen-bond acceptors (Lipinski definition) is 5. The van der Waals surface area contributed by atoms with Gasteiger partial charge in [0.15, 0.2) is 0 Å². The van der Waals surface area contributed by atoms with Gasteiger partial charge in [-0.3, -0.25) is 4.79 Å². The van der Waals surface area contributed by atoms with Crippen LogP contribution in [-0.4, -0.2) is 11.6 Å². The van der Waals surface area contributed by atoms with Gasteiger partial charge in [0.05, 0.1) is 17.6 Å². The van der Waals surface area contributed by atoms with E-state index in [9.17, 15) is 10.1 Å². The highest BCUT2D eigenvalue weighted by molar-refractivity contribution is 8.02. The smallest absolute Gasteiger partial charge is 0.234 e. The average Bonchev–Trinajstić information content (AvgIpc) is 3.33. The molecular formula is C25H20ClN3OS2. The van der Waals surface area contributed by atoms with Crippen LogP contribution in [0, 0.1) is 17.2 Å². The molecule has 1 amide bonds. The number of thioether (sulfide) groups is 1. The topological polar surface area (TPSA) is 65.2 Å². The van der Waals surface area contributed by atoms with E-state index < -0.39 is 5.92 Å². The van der Waals surface area contributed by atoms with Gasteiger partial charge in [-0.25, -0.2) is 4.99 Å². The molecule has 1 aliphatic heterocycles. The highest BCUT2D eigenvalue weighted by Crippen LogP contribution is 2.44. The maximum Gasteiger partial charge on any atom is 0.234 e. The zero-order valence-corrected chi connectivity index (χ0v) is 19.7. The first-order chi connectivity index (χ1) is 15.6. The zero-order chi connectivity index (χ0) is 22.5. The number of allylic oxidation sites excluding steroid dienone is 1. The molecule has 4 rings (SSSR count). The van der Waals surface area contributed by atoms with Crippen LogP contribution in [0.3, 0.4) is 0 Å². The number of aliphatic imine (C=N–C) groups is 1. The van der Waals surface area contributed by atoms with Crippen molar-refractivity contribution in [3.05, 3.63) is 98.2 Å². The third kappa shape index (κ3) is 4.97. The van der Waals surface area contributed by atoms with Crippen LogP contribution in [0.2, 0.25) is 5.02 Å². The van der Waals surface area contributed by atoms with E-state index in [2.05, 4.69) is 11.4 Å². The minimum atomic E-state index is -0.552. The Morgan fingerprint density at radius 2 is 1.91 bits per heavy atom. The summed E-state index contributed by atoms with van der Waals surface area (Å²) in [6.45, 7) is 1.87. The number of amides is 1. The highest BCUT2D eigenvalue weighted by atomic mass is 35.5. The molecule has 32 heavy (non-hydrogen) atoms. The van der Waals surface area contributed by atoms with E-state index in [-0.39, 0.29) is 11.8 Å². The number of rotatable bonds is 6. The van der Waals surface area contributed by atoms with Crippen LogP contribution < -0.4 is 5.32 Å². The largest absolute Gasteiger partial charge is 0.325 e. The van der Waals surface area contributed by atoms with Gasteiger partial charge in [0.25, 0.3) is 0 Å². The van der Waals surface area contributed by atoms with E-state index in [4.69, 9.17) is 16.6 Å². The number of nitrogens with zero attached hydrogens (tertiary/aromatic N) is 2. The van der Waals surface area contributed by atoms with Gasteiger partial charge in [-0.05, 0) is 48.2 Å². The first kappa shape index (κ1) is 22.3. The molecule has 4 nitrogen and oxygen atoms in total. The summed E-state index contributed by atoms with van der Waals surface area (Å²) in [5, 5.41) is 16.4. The molecule has 1 aliphatic rings. The van der Waals surface area contributed by atoms with Crippen LogP contribution in [0.4, 0.5) is 5.69 Å². The molecule has 1 unspecified atom stereocenters. The van der Waals surface area contributed by atoms with E-state index in [1.807, 2.05) is 79.0 Å². The van der Waals surface area contributed by atoms with Crippen LogP contribution in [0.25, 0.3) is 0 Å². The molecule has 0 radical (unpaired) electrons. The average molecular weight is 478 g/mol. The van der Waals surface area contributed by atoms with E-state index in [1.54, 1.807) is 11.3 Å². The quantitative estimate of drug-likeness (QED) is 0.420. The van der Waals surface area contributed by atoms with Crippen molar-refractivity contribution in [1.29, 1.82) is 5.26 Å². The standard InChI is InChI=1S/C25H20ClN3OS2/c1-16-22(24(30)29-19-6-3-2-4-7-19)23(21-8-5-13-31-21)20(14-27)25(28-16)32-15-17-9-11-18(26)12-10-17/h2-13,22-23H,15H2,1H3,(H,29,30)/t22?,23-/m1/s1. The summed E-state index contributed by atoms with van der Waals surface area (Å²) in [4.78, 5) is 19.0. The number of hydrogen-bond donors (Lipinski definition) is 1. The Morgan fingerprint density at radius 1 is 1.16 bits per heavy atom. The number of halogens is 1. The fourth-order valence-corrected chi connectivity index (χ4v) is 5.68. The molecule has 7 heteroatoms. The van der Waals surface area contributed by atoms with E-state index in [0.29, 0.717) is 27.1 Å². The molecule has 2 aromatic carbocycles. The van der Waals surface area contributed by atoms with E-state index in [0.717, 1.165) is 16.1 Å². The van der Waals surface area contributed by atoms with Gasteiger partial charge in [0.1, 0.15) is 5.03 Å². The molecule has 1 N–H and O–H groups in total. The van der Waals surface area contributed by atoms with Crippen LogP contribution in [-0.2, 0) is 10.5 Å². The van der Waals surface area contributed by atoms with Gasteiger partial charge in [0.2, 0.25) is 5.91 Å². The van der Waals surface area contributed by atoms with Crippen molar-refractivity contribution in [2.75, 3.05) is 5.32 Å². The lowest BCUT2D eigenvalue weighted by Gasteiger charge is -2.30. The summed E-state index contributed by atoms with van der Waals surface area (Å²) in [5.41, 5.74) is 3.05. The van der Waals surface area contributed by atoms with Gasteiger partial charge in [-0.15, -0.1) is 23.1 Å². The van der Waals surface area contributed by atoms with Crippen LogP contribution >= 0.6 is 34.7 Å². The van der Waals surface area contributed by atoms with Crippen molar-refractivity contribution in [2.24, 2.45) is 10.9 Å². The molecular weight excluding hydrogens is 458 g/mol. The number of thiophene rings is 1. The zero-order valence-electron chi connectivity index (χ0n) is 17.3.